The van der Waals surface area contributed by atoms with E-state index in [-0.39, 0.29) is 5.82 Å². The maximum absolute atomic E-state index is 13.4. The van der Waals surface area contributed by atoms with Crippen molar-refractivity contribution >= 4 is 0 Å². The van der Waals surface area contributed by atoms with E-state index in [4.69, 9.17) is 0 Å². The van der Waals surface area contributed by atoms with E-state index in [2.05, 4.69) is 19.9 Å². The molecule has 0 fully saturated rings. The average Bonchev–Trinajstić information content (AvgIpc) is 2.79. The fourth-order valence-electron chi connectivity index (χ4n) is 1.32. The second-order valence-electron chi connectivity index (χ2n) is 3.53. The van der Waals surface area contributed by atoms with Crippen molar-refractivity contribution in [2.45, 2.75) is 19.7 Å². The first kappa shape index (κ1) is 13.2. The third kappa shape index (κ3) is 3.18. The molecule has 0 amide bonds. The molecule has 0 spiro atoms. The summed E-state index contributed by atoms with van der Waals surface area (Å²) in [7, 11) is 0. The van der Waals surface area contributed by atoms with E-state index in [9.17, 15) is 17.6 Å². The van der Waals surface area contributed by atoms with Gasteiger partial charge in [-0.05, 0) is 6.42 Å². The number of nitrogens with zero attached hydrogens (tertiary/aromatic N) is 4. The smallest absolute Gasteiger partial charge is 0.383 e. The highest BCUT2D eigenvalue weighted by Crippen LogP contribution is 2.23. The van der Waals surface area contributed by atoms with Gasteiger partial charge in [-0.1, -0.05) is 6.92 Å². The molecule has 0 aromatic carbocycles. The van der Waals surface area contributed by atoms with Crippen LogP contribution in [0.15, 0.2) is 18.6 Å². The Morgan fingerprint density at radius 2 is 2.05 bits per heavy atom. The number of imidazole rings is 1. The Morgan fingerprint density at radius 1 is 1.32 bits per heavy atom. The fraction of sp³-hybridized carbons (Fsp3) is 0.300. The van der Waals surface area contributed by atoms with Gasteiger partial charge in [-0.15, -0.1) is 23.4 Å². The van der Waals surface area contributed by atoms with Gasteiger partial charge in [-0.3, -0.25) is 4.57 Å². The SMILES string of the molecule is CCc1cn(-c2cc(F)c(OC(F)(F)F)nn2)cn1. The van der Waals surface area contributed by atoms with Crippen LogP contribution in [0.3, 0.4) is 0 Å². The lowest BCUT2D eigenvalue weighted by molar-refractivity contribution is -0.277. The van der Waals surface area contributed by atoms with Crippen molar-refractivity contribution in [2.75, 3.05) is 0 Å². The van der Waals surface area contributed by atoms with Crippen LogP contribution in [-0.4, -0.2) is 26.1 Å². The summed E-state index contributed by atoms with van der Waals surface area (Å²) in [6.45, 7) is 1.87. The number of hydrogen-bond donors (Lipinski definition) is 0. The number of aromatic nitrogens is 4. The van der Waals surface area contributed by atoms with Crippen LogP contribution < -0.4 is 4.74 Å². The lowest BCUT2D eigenvalue weighted by Crippen LogP contribution is -2.19. The molecule has 0 aliphatic heterocycles. The summed E-state index contributed by atoms with van der Waals surface area (Å²) in [5, 5.41) is 6.51. The van der Waals surface area contributed by atoms with Crippen molar-refractivity contribution < 1.29 is 22.3 Å². The van der Waals surface area contributed by atoms with Crippen LogP contribution in [0.2, 0.25) is 0 Å². The number of alkyl halides is 3. The highest BCUT2D eigenvalue weighted by atomic mass is 19.4. The first-order valence-corrected chi connectivity index (χ1v) is 5.21. The molecular weight excluding hydrogens is 268 g/mol. The summed E-state index contributed by atoms with van der Waals surface area (Å²) in [6.07, 6.45) is -1.40. The molecule has 2 aromatic rings. The topological polar surface area (TPSA) is 52.8 Å². The zero-order chi connectivity index (χ0) is 14.0. The predicted molar refractivity (Wildman–Crippen MR) is 55.2 cm³/mol. The van der Waals surface area contributed by atoms with Crippen LogP contribution in [-0.2, 0) is 6.42 Å². The van der Waals surface area contributed by atoms with E-state index >= 15 is 0 Å². The van der Waals surface area contributed by atoms with E-state index in [0.29, 0.717) is 6.42 Å². The van der Waals surface area contributed by atoms with Gasteiger partial charge < -0.3 is 4.74 Å². The van der Waals surface area contributed by atoms with Gasteiger partial charge in [-0.2, -0.15) is 0 Å². The zero-order valence-corrected chi connectivity index (χ0v) is 9.65. The second-order valence-corrected chi connectivity index (χ2v) is 3.53. The third-order valence-electron chi connectivity index (χ3n) is 2.18. The summed E-state index contributed by atoms with van der Waals surface area (Å²) in [6, 6.07) is 0.787. The Labute approximate surface area is 104 Å². The van der Waals surface area contributed by atoms with Gasteiger partial charge in [-0.25, -0.2) is 9.37 Å². The van der Waals surface area contributed by atoms with Crippen LogP contribution in [0.1, 0.15) is 12.6 Å². The van der Waals surface area contributed by atoms with Crippen molar-refractivity contribution in [2.24, 2.45) is 0 Å². The van der Waals surface area contributed by atoms with Crippen molar-refractivity contribution in [3.63, 3.8) is 0 Å². The Hall–Kier alpha value is -2.19. The van der Waals surface area contributed by atoms with E-state index in [1.807, 2.05) is 6.92 Å². The van der Waals surface area contributed by atoms with Crippen LogP contribution in [0.25, 0.3) is 5.82 Å². The minimum atomic E-state index is -5.01. The number of hydrogen-bond acceptors (Lipinski definition) is 4. The maximum Gasteiger partial charge on any atom is 0.574 e. The minimum absolute atomic E-state index is 0.0132. The van der Waals surface area contributed by atoms with Crippen molar-refractivity contribution in [3.8, 4) is 11.7 Å². The highest BCUT2D eigenvalue weighted by molar-refractivity contribution is 5.26. The van der Waals surface area contributed by atoms with Crippen LogP contribution >= 0.6 is 0 Å². The van der Waals surface area contributed by atoms with Gasteiger partial charge in [0.15, 0.2) is 11.6 Å². The minimum Gasteiger partial charge on any atom is -0.383 e. The van der Waals surface area contributed by atoms with E-state index < -0.39 is 18.1 Å². The van der Waals surface area contributed by atoms with Gasteiger partial charge in [0, 0.05) is 12.3 Å². The zero-order valence-electron chi connectivity index (χ0n) is 9.65. The van der Waals surface area contributed by atoms with Gasteiger partial charge in [0.05, 0.1) is 5.69 Å². The van der Waals surface area contributed by atoms with E-state index in [1.54, 1.807) is 6.20 Å². The molecule has 2 heterocycles. The molecule has 9 heteroatoms. The number of rotatable bonds is 3. The first-order chi connectivity index (χ1) is 8.89. The Morgan fingerprint density at radius 3 is 2.58 bits per heavy atom. The summed E-state index contributed by atoms with van der Waals surface area (Å²) in [5.41, 5.74) is 0.734. The summed E-state index contributed by atoms with van der Waals surface area (Å²) < 4.78 is 53.9. The first-order valence-electron chi connectivity index (χ1n) is 5.21. The lowest BCUT2D eigenvalue weighted by Gasteiger charge is -2.08. The number of ether oxygens (including phenoxy) is 1. The van der Waals surface area contributed by atoms with E-state index in [1.165, 1.54) is 10.9 Å². The fourth-order valence-corrected chi connectivity index (χ4v) is 1.32. The Bertz CT molecular complexity index is 581. The van der Waals surface area contributed by atoms with Gasteiger partial charge in [0.1, 0.15) is 6.33 Å². The largest absolute Gasteiger partial charge is 0.574 e. The highest BCUT2D eigenvalue weighted by Gasteiger charge is 2.33. The van der Waals surface area contributed by atoms with E-state index in [0.717, 1.165) is 11.8 Å². The Balaban J connectivity index is 2.28. The average molecular weight is 276 g/mol. The van der Waals surface area contributed by atoms with Crippen LogP contribution in [0.5, 0.6) is 5.88 Å². The molecule has 0 atom stereocenters. The second kappa shape index (κ2) is 4.82. The van der Waals surface area contributed by atoms with Gasteiger partial charge in [0.2, 0.25) is 0 Å². The summed E-state index contributed by atoms with van der Waals surface area (Å²) in [4.78, 5) is 3.98. The molecule has 0 aliphatic rings. The molecule has 0 saturated carbocycles. The molecule has 0 aliphatic carbocycles. The molecule has 2 aromatic heterocycles. The third-order valence-corrected chi connectivity index (χ3v) is 2.18. The van der Waals surface area contributed by atoms with Crippen LogP contribution in [0, 0.1) is 5.82 Å². The standard InChI is InChI=1S/C10H8F4N4O/c1-2-6-4-18(5-15-6)8-3-7(11)9(17-16-8)19-10(12,13)14/h3-5H,2H2,1H3. The lowest BCUT2D eigenvalue weighted by atomic mass is 10.4. The number of aryl methyl sites for hydroxylation is 1. The molecule has 0 N–H and O–H groups in total. The summed E-state index contributed by atoms with van der Waals surface area (Å²) >= 11 is 0. The number of halogens is 4. The quantitative estimate of drug-likeness (QED) is 0.807. The molecule has 2 rings (SSSR count). The molecule has 5 nitrogen and oxygen atoms in total. The molecule has 0 radical (unpaired) electrons. The molecule has 102 valence electrons. The maximum atomic E-state index is 13.4. The normalized spacial score (nSPS) is 11.6. The molecule has 0 unspecified atom stereocenters. The Kier molecular flexibility index (Phi) is 3.36. The predicted octanol–water partition coefficient (Wildman–Crippen LogP) is 2.26. The van der Waals surface area contributed by atoms with Gasteiger partial charge in [0.25, 0.3) is 5.88 Å². The molecule has 0 bridgehead atoms. The summed E-state index contributed by atoms with van der Waals surface area (Å²) in [5.74, 6) is -2.46. The molecular formula is C10H8F4N4O. The molecule has 19 heavy (non-hydrogen) atoms. The monoisotopic (exact) mass is 276 g/mol. The van der Waals surface area contributed by atoms with Gasteiger partial charge >= 0.3 is 6.36 Å². The molecule has 0 saturated heterocycles. The van der Waals surface area contributed by atoms with Crippen molar-refractivity contribution in [1.82, 2.24) is 19.7 Å². The van der Waals surface area contributed by atoms with Crippen molar-refractivity contribution in [3.05, 3.63) is 30.1 Å². The van der Waals surface area contributed by atoms with Crippen molar-refractivity contribution in [1.29, 1.82) is 0 Å². The van der Waals surface area contributed by atoms with Crippen LogP contribution in [0.4, 0.5) is 17.6 Å².